The largest absolute Gasteiger partial charge is 0.496 e. The van der Waals surface area contributed by atoms with E-state index in [2.05, 4.69) is 10.3 Å². The fourth-order valence-electron chi connectivity index (χ4n) is 2.29. The van der Waals surface area contributed by atoms with Gasteiger partial charge in [-0.1, -0.05) is 11.6 Å². The van der Waals surface area contributed by atoms with E-state index in [0.29, 0.717) is 24.1 Å². The number of hydrogen-bond acceptors (Lipinski definition) is 5. The molecule has 0 radical (unpaired) electrons. The number of nitrogens with zero attached hydrogens (tertiary/aromatic N) is 1. The van der Waals surface area contributed by atoms with Gasteiger partial charge in [0, 0.05) is 18.0 Å². The second-order valence-electron chi connectivity index (χ2n) is 5.94. The zero-order valence-corrected chi connectivity index (χ0v) is 14.7. The molecule has 0 spiro atoms. The van der Waals surface area contributed by atoms with Crippen LogP contribution >= 0.6 is 11.6 Å². The third kappa shape index (κ3) is 4.23. The molecule has 3 rings (SSSR count). The smallest absolute Gasteiger partial charge is 0.339 e. The van der Waals surface area contributed by atoms with Gasteiger partial charge in [-0.2, -0.15) is 0 Å². The molecule has 1 amide bonds. The summed E-state index contributed by atoms with van der Waals surface area (Å²) in [6.45, 7) is 0.577. The van der Waals surface area contributed by atoms with E-state index in [0.717, 1.165) is 12.8 Å². The molecule has 2 N–H and O–H groups in total. The van der Waals surface area contributed by atoms with Crippen molar-refractivity contribution in [3.05, 3.63) is 46.6 Å². The van der Waals surface area contributed by atoms with Crippen molar-refractivity contribution in [2.75, 3.05) is 19.0 Å². The molecule has 1 fully saturated rings. The van der Waals surface area contributed by atoms with Gasteiger partial charge in [-0.05, 0) is 37.0 Å². The van der Waals surface area contributed by atoms with Crippen LogP contribution in [0.15, 0.2) is 30.5 Å². The number of aromatic nitrogens is 1. The van der Waals surface area contributed by atoms with Crippen LogP contribution in [0.25, 0.3) is 0 Å². The molecule has 136 valence electrons. The predicted molar refractivity (Wildman–Crippen MR) is 95.4 cm³/mol. The maximum absolute atomic E-state index is 12.4. The van der Waals surface area contributed by atoms with Crippen LogP contribution in [0.1, 0.15) is 33.6 Å². The fourth-order valence-corrected chi connectivity index (χ4v) is 2.51. The number of halogens is 1. The zero-order chi connectivity index (χ0) is 18.7. The standard InChI is InChI=1S/C18H17ClN2O5/c1-25-15-7-12(4-5-13(15)18(23)24)21-16(22)11-6-14(19)17(20-8-11)26-9-10-2-3-10/h4-8,10H,2-3,9H2,1H3,(H,21,22)(H,23,24). The minimum Gasteiger partial charge on any atom is -0.496 e. The molecule has 1 aromatic heterocycles. The van der Waals surface area contributed by atoms with E-state index in [1.165, 1.54) is 37.6 Å². The quantitative estimate of drug-likeness (QED) is 0.767. The first-order chi connectivity index (χ1) is 12.5. The molecule has 0 unspecified atom stereocenters. The van der Waals surface area contributed by atoms with E-state index in [1.54, 1.807) is 0 Å². The van der Waals surface area contributed by atoms with Crippen LogP contribution in [0.5, 0.6) is 11.6 Å². The number of benzene rings is 1. The van der Waals surface area contributed by atoms with Gasteiger partial charge in [-0.15, -0.1) is 0 Å². The van der Waals surface area contributed by atoms with E-state index in [9.17, 15) is 9.59 Å². The minimum atomic E-state index is -1.11. The second kappa shape index (κ2) is 7.61. The van der Waals surface area contributed by atoms with Gasteiger partial charge in [0.25, 0.3) is 5.91 Å². The number of ether oxygens (including phenoxy) is 2. The number of carboxylic acids is 1. The Morgan fingerprint density at radius 3 is 2.73 bits per heavy atom. The molecule has 1 aromatic carbocycles. The van der Waals surface area contributed by atoms with E-state index < -0.39 is 11.9 Å². The summed E-state index contributed by atoms with van der Waals surface area (Å²) < 4.78 is 10.6. The third-order valence-corrected chi connectivity index (χ3v) is 4.18. The van der Waals surface area contributed by atoms with E-state index in [-0.39, 0.29) is 21.9 Å². The van der Waals surface area contributed by atoms with Crippen molar-refractivity contribution < 1.29 is 24.2 Å². The predicted octanol–water partition coefficient (Wildman–Crippen LogP) is 3.48. The van der Waals surface area contributed by atoms with Crippen molar-refractivity contribution in [1.29, 1.82) is 0 Å². The fraction of sp³-hybridized carbons (Fsp3) is 0.278. The van der Waals surface area contributed by atoms with Gasteiger partial charge in [-0.3, -0.25) is 4.79 Å². The number of carboxylic acid groups (broad SMARTS) is 1. The maximum Gasteiger partial charge on any atom is 0.339 e. The summed E-state index contributed by atoms with van der Waals surface area (Å²) in [4.78, 5) is 27.6. The molecule has 1 saturated carbocycles. The molecule has 0 bridgehead atoms. The first-order valence-electron chi connectivity index (χ1n) is 7.99. The summed E-state index contributed by atoms with van der Waals surface area (Å²) in [5.41, 5.74) is 0.657. The van der Waals surface area contributed by atoms with Crippen molar-refractivity contribution in [2.45, 2.75) is 12.8 Å². The molecule has 0 saturated heterocycles. The lowest BCUT2D eigenvalue weighted by Crippen LogP contribution is -2.13. The average Bonchev–Trinajstić information content (AvgIpc) is 3.44. The Morgan fingerprint density at radius 1 is 1.35 bits per heavy atom. The summed E-state index contributed by atoms with van der Waals surface area (Å²) in [5, 5.41) is 12.0. The summed E-state index contributed by atoms with van der Waals surface area (Å²) in [6.07, 6.45) is 3.69. The second-order valence-corrected chi connectivity index (χ2v) is 6.35. The van der Waals surface area contributed by atoms with Gasteiger partial charge in [0.1, 0.15) is 16.3 Å². The van der Waals surface area contributed by atoms with Gasteiger partial charge < -0.3 is 19.9 Å². The molecular formula is C18H17ClN2O5. The number of methoxy groups -OCH3 is 1. The molecule has 2 aromatic rings. The van der Waals surface area contributed by atoms with Crippen LogP contribution < -0.4 is 14.8 Å². The summed E-state index contributed by atoms with van der Waals surface area (Å²) in [5.74, 6) is -0.520. The molecule has 1 aliphatic rings. The lowest BCUT2D eigenvalue weighted by molar-refractivity contribution is 0.0693. The minimum absolute atomic E-state index is 0.00683. The molecule has 0 aliphatic heterocycles. The van der Waals surface area contributed by atoms with Crippen LogP contribution in [-0.2, 0) is 0 Å². The highest BCUT2D eigenvalue weighted by Crippen LogP contribution is 2.31. The molecule has 26 heavy (non-hydrogen) atoms. The number of carbonyl (C=O) groups is 2. The van der Waals surface area contributed by atoms with Crippen LogP contribution in [0.4, 0.5) is 5.69 Å². The Morgan fingerprint density at radius 2 is 2.12 bits per heavy atom. The van der Waals surface area contributed by atoms with Crippen molar-refractivity contribution in [3.8, 4) is 11.6 Å². The molecule has 1 aliphatic carbocycles. The molecule has 8 heteroatoms. The number of rotatable bonds is 7. The van der Waals surface area contributed by atoms with Crippen molar-refractivity contribution >= 4 is 29.2 Å². The first-order valence-corrected chi connectivity index (χ1v) is 8.36. The molecule has 7 nitrogen and oxygen atoms in total. The topological polar surface area (TPSA) is 97.8 Å². The summed E-state index contributed by atoms with van der Waals surface area (Å²) in [7, 11) is 1.36. The Balaban J connectivity index is 1.71. The van der Waals surface area contributed by atoms with Gasteiger partial charge >= 0.3 is 5.97 Å². The Kier molecular flexibility index (Phi) is 5.27. The highest BCUT2D eigenvalue weighted by Gasteiger charge is 2.23. The number of carbonyl (C=O) groups excluding carboxylic acids is 1. The maximum atomic E-state index is 12.4. The SMILES string of the molecule is COc1cc(NC(=O)c2cnc(OCC3CC3)c(Cl)c2)ccc1C(=O)O. The van der Waals surface area contributed by atoms with Gasteiger partial charge in [0.2, 0.25) is 5.88 Å². The van der Waals surface area contributed by atoms with Gasteiger partial charge in [-0.25, -0.2) is 9.78 Å². The summed E-state index contributed by atoms with van der Waals surface area (Å²) >= 11 is 6.13. The van der Waals surface area contributed by atoms with Gasteiger partial charge in [0.15, 0.2) is 0 Å². The van der Waals surface area contributed by atoms with E-state index in [1.807, 2.05) is 0 Å². The highest BCUT2D eigenvalue weighted by atomic mass is 35.5. The number of amides is 1. The van der Waals surface area contributed by atoms with Crippen LogP contribution in [0.2, 0.25) is 5.02 Å². The summed E-state index contributed by atoms with van der Waals surface area (Å²) in [6, 6.07) is 5.75. The van der Waals surface area contributed by atoms with Crippen molar-refractivity contribution in [1.82, 2.24) is 4.98 Å². The Hall–Kier alpha value is -2.80. The van der Waals surface area contributed by atoms with E-state index in [4.69, 9.17) is 26.2 Å². The van der Waals surface area contributed by atoms with Crippen LogP contribution in [0, 0.1) is 5.92 Å². The van der Waals surface area contributed by atoms with Crippen molar-refractivity contribution in [2.24, 2.45) is 5.92 Å². The van der Waals surface area contributed by atoms with Crippen molar-refractivity contribution in [3.63, 3.8) is 0 Å². The zero-order valence-electron chi connectivity index (χ0n) is 14.0. The number of hydrogen-bond donors (Lipinski definition) is 2. The monoisotopic (exact) mass is 376 g/mol. The Bertz CT molecular complexity index is 851. The number of aromatic carboxylic acids is 1. The first kappa shape index (κ1) is 18.0. The average molecular weight is 377 g/mol. The number of nitrogens with one attached hydrogen (secondary N) is 1. The molecule has 1 heterocycles. The third-order valence-electron chi connectivity index (χ3n) is 3.91. The van der Waals surface area contributed by atoms with Crippen LogP contribution in [0.3, 0.4) is 0 Å². The Labute approximate surface area is 154 Å². The highest BCUT2D eigenvalue weighted by molar-refractivity contribution is 6.32. The number of anilines is 1. The lowest BCUT2D eigenvalue weighted by atomic mass is 10.1. The molecule has 0 atom stereocenters. The van der Waals surface area contributed by atoms with E-state index >= 15 is 0 Å². The number of pyridine rings is 1. The normalized spacial score (nSPS) is 13.2. The van der Waals surface area contributed by atoms with Gasteiger partial charge in [0.05, 0.1) is 19.3 Å². The molecular weight excluding hydrogens is 360 g/mol. The lowest BCUT2D eigenvalue weighted by Gasteiger charge is -2.10. The van der Waals surface area contributed by atoms with Crippen LogP contribution in [-0.4, -0.2) is 35.7 Å².